The highest BCUT2D eigenvalue weighted by atomic mass is 32.2. The molecule has 0 fully saturated rings. The highest BCUT2D eigenvalue weighted by Crippen LogP contribution is 2.64. The fraction of sp³-hybridized carbons (Fsp3) is 0.400. The van der Waals surface area contributed by atoms with Crippen molar-refractivity contribution in [3.63, 3.8) is 0 Å². The average molecular weight is 772 g/mol. The second-order valence-electron chi connectivity index (χ2n) is 7.98. The summed E-state index contributed by atoms with van der Waals surface area (Å²) in [5.41, 5.74) is 0. The second kappa shape index (κ2) is 16.3. The van der Waals surface area contributed by atoms with Crippen molar-refractivity contribution in [3.8, 4) is 0 Å². The van der Waals surface area contributed by atoms with Crippen molar-refractivity contribution in [2.24, 2.45) is 0 Å². The first-order chi connectivity index (χ1) is 22.0. The Balaban J connectivity index is 0.000000890. The fourth-order valence-electron chi connectivity index (χ4n) is 2.17. The Labute approximate surface area is 260 Å². The van der Waals surface area contributed by atoms with Gasteiger partial charge in [-0.15, -0.1) is 0 Å². The summed E-state index contributed by atoms with van der Waals surface area (Å²) in [4.78, 5) is 25.7. The molecule has 0 radical (unpaired) electrons. The molecule has 29 heteroatoms. The molecular weight excluding hydrogens is 755 g/mol. The number of hydrogen-bond acceptors (Lipinski definition) is 6. The van der Waals surface area contributed by atoms with Gasteiger partial charge < -0.3 is 19.9 Å². The van der Waals surface area contributed by atoms with Gasteiger partial charge in [-0.1, -0.05) is 0 Å². The number of H-pyrrole nitrogens is 4. The molecule has 0 aliphatic carbocycles. The van der Waals surface area contributed by atoms with Crippen LogP contribution >= 0.6 is 0 Å². The van der Waals surface area contributed by atoms with Crippen molar-refractivity contribution in [1.29, 1.82) is 0 Å². The maximum atomic E-state index is 13.0. The topological polar surface area (TPSA) is 169 Å². The van der Waals surface area contributed by atoms with Crippen LogP contribution in [0.2, 0.25) is 0 Å². The number of nitrogens with zero attached hydrogens (tertiary/aromatic N) is 4. The third kappa shape index (κ3) is 9.81. The van der Waals surface area contributed by atoms with E-state index in [1.165, 1.54) is 0 Å². The Morgan fingerprint density at radius 1 is 0.408 bits per heavy atom. The summed E-state index contributed by atoms with van der Waals surface area (Å²) in [6, 6.07) is 0. The molecule has 11 nitrogen and oxygen atoms in total. The number of imidazole rings is 4. The molecule has 280 valence electrons. The zero-order valence-electron chi connectivity index (χ0n) is 22.8. The van der Waals surface area contributed by atoms with Crippen LogP contribution in [0.5, 0.6) is 0 Å². The van der Waals surface area contributed by atoms with Gasteiger partial charge in [0.1, 0.15) is 0 Å². The first-order valence-electron chi connectivity index (χ1n) is 11.4. The van der Waals surface area contributed by atoms with E-state index in [-0.39, 0.29) is 0 Å². The minimum absolute atomic E-state index is 1.62. The molecule has 4 aromatic heterocycles. The van der Waals surface area contributed by atoms with Gasteiger partial charge in [-0.3, -0.25) is 4.55 Å². The molecule has 0 saturated heterocycles. The molecule has 0 unspecified atom stereocenters. The molecule has 4 rings (SSSR count). The number of alkyl halides is 17. The van der Waals surface area contributed by atoms with Gasteiger partial charge in [-0.25, -0.2) is 19.9 Å². The van der Waals surface area contributed by atoms with Gasteiger partial charge in [0.25, 0.3) is 0 Å². The molecule has 0 bridgehead atoms. The van der Waals surface area contributed by atoms with E-state index < -0.39 is 57.1 Å². The number of rotatable bonds is 7. The average Bonchev–Trinajstić information content (AvgIpc) is 3.82. The van der Waals surface area contributed by atoms with Crippen LogP contribution in [0.4, 0.5) is 74.6 Å². The number of aromatic nitrogens is 8. The van der Waals surface area contributed by atoms with Crippen LogP contribution < -0.4 is 0 Å². The maximum absolute atomic E-state index is 13.0. The van der Waals surface area contributed by atoms with Gasteiger partial charge in [-0.2, -0.15) is 83.1 Å². The van der Waals surface area contributed by atoms with Crippen molar-refractivity contribution in [3.05, 3.63) is 74.9 Å². The third-order valence-corrected chi connectivity index (χ3v) is 5.55. The van der Waals surface area contributed by atoms with Crippen LogP contribution in [0, 0.1) is 0 Å². The van der Waals surface area contributed by atoms with Crippen molar-refractivity contribution < 1.29 is 87.6 Å². The lowest BCUT2D eigenvalue weighted by Gasteiger charge is -2.42. The minimum Gasteiger partial charge on any atom is -0.351 e. The molecular formula is C20H17F17N8O3S. The van der Waals surface area contributed by atoms with E-state index in [9.17, 15) is 83.1 Å². The van der Waals surface area contributed by atoms with Gasteiger partial charge in [-0.05, 0) is 0 Å². The molecule has 0 aliphatic rings. The van der Waals surface area contributed by atoms with Crippen LogP contribution in [0.25, 0.3) is 0 Å². The Bertz CT molecular complexity index is 1340. The van der Waals surface area contributed by atoms with E-state index in [0.717, 1.165) is 0 Å². The second-order valence-corrected chi connectivity index (χ2v) is 9.44. The van der Waals surface area contributed by atoms with Crippen molar-refractivity contribution in [2.45, 2.75) is 47.0 Å². The number of hydrogen-bond donors (Lipinski definition) is 5. The Morgan fingerprint density at radius 2 is 0.633 bits per heavy atom. The predicted octanol–water partition coefficient (Wildman–Crippen LogP) is 6.48. The molecule has 0 saturated carbocycles. The van der Waals surface area contributed by atoms with Gasteiger partial charge in [0.2, 0.25) is 0 Å². The van der Waals surface area contributed by atoms with E-state index in [4.69, 9.17) is 4.55 Å². The van der Waals surface area contributed by atoms with E-state index >= 15 is 0 Å². The van der Waals surface area contributed by atoms with E-state index in [2.05, 4.69) is 39.9 Å². The van der Waals surface area contributed by atoms with E-state index in [1.807, 2.05) is 0 Å². The number of nitrogens with one attached hydrogen (secondary N) is 4. The highest BCUT2D eigenvalue weighted by Gasteiger charge is 2.96. The summed E-state index contributed by atoms with van der Waals surface area (Å²) < 4.78 is 242. The molecule has 0 amide bonds. The smallest absolute Gasteiger partial charge is 0.351 e. The number of aromatic amines is 4. The first-order valence-corrected chi connectivity index (χ1v) is 12.8. The van der Waals surface area contributed by atoms with E-state index in [1.54, 1.807) is 74.9 Å². The molecule has 0 aliphatic heterocycles. The monoisotopic (exact) mass is 772 g/mol. The van der Waals surface area contributed by atoms with Gasteiger partial charge >= 0.3 is 57.1 Å². The summed E-state index contributed by atoms with van der Waals surface area (Å²) in [5, 5.41) is -7.84. The Hall–Kier alpha value is -4.44. The lowest BCUT2D eigenvalue weighted by molar-refractivity contribution is -0.458. The molecule has 4 aromatic rings. The maximum Gasteiger partial charge on any atom is 0.460 e. The zero-order valence-corrected chi connectivity index (χ0v) is 23.6. The standard InChI is InChI=1S/C8HF17O3S.4C3H4N2/c9-1(10,3(13,14)5(17,18)7(21,22)23)2(11,12)4(15,16)6(19,20)8(24,25)29(26,27)28;4*1-2-5-3-4-1/h(H,26,27,28);4*1-3H,(H,4,5). The quantitative estimate of drug-likeness (QED) is 0.106. The zero-order chi connectivity index (χ0) is 38.6. The van der Waals surface area contributed by atoms with Crippen LogP contribution in [0.1, 0.15) is 0 Å². The largest absolute Gasteiger partial charge is 0.460 e. The van der Waals surface area contributed by atoms with E-state index in [0.29, 0.717) is 0 Å². The highest BCUT2D eigenvalue weighted by molar-refractivity contribution is 7.87. The summed E-state index contributed by atoms with van der Waals surface area (Å²) in [6.45, 7) is 0. The van der Waals surface area contributed by atoms with Crippen molar-refractivity contribution in [2.75, 3.05) is 0 Å². The Kier molecular flexibility index (Phi) is 14.8. The molecule has 4 heterocycles. The number of halogens is 17. The first kappa shape index (κ1) is 44.6. The SMILES string of the molecule is O=S(=O)(O)C(F)(F)C(F)(F)C(F)(F)C(F)(F)C(F)(F)C(F)(F)C(F)(F)C(F)(F)F.c1c[nH]cn1.c1c[nH]cn1.c1c[nH]cn1.c1c[nH]cn1. The molecule has 49 heavy (non-hydrogen) atoms. The summed E-state index contributed by atoms with van der Waals surface area (Å²) in [6.07, 6.45) is 12.5. The molecule has 0 aromatic carbocycles. The van der Waals surface area contributed by atoms with Crippen LogP contribution in [-0.4, -0.2) is 99.8 Å². The minimum atomic E-state index is -8.89. The summed E-state index contributed by atoms with van der Waals surface area (Å²) in [5.74, 6) is -52.0. The molecule has 0 spiro atoms. The lowest BCUT2D eigenvalue weighted by atomic mass is 9.91. The lowest BCUT2D eigenvalue weighted by Crippen LogP contribution is -2.74. The fourth-order valence-corrected chi connectivity index (χ4v) is 2.62. The van der Waals surface area contributed by atoms with Crippen LogP contribution in [-0.2, 0) is 10.1 Å². The molecule has 0 atom stereocenters. The van der Waals surface area contributed by atoms with Gasteiger partial charge in [0.05, 0.1) is 25.3 Å². The van der Waals surface area contributed by atoms with Crippen molar-refractivity contribution >= 4 is 10.1 Å². The van der Waals surface area contributed by atoms with Crippen LogP contribution in [0.15, 0.2) is 74.9 Å². The predicted molar refractivity (Wildman–Crippen MR) is 127 cm³/mol. The Morgan fingerprint density at radius 3 is 0.776 bits per heavy atom. The van der Waals surface area contributed by atoms with Crippen molar-refractivity contribution in [1.82, 2.24) is 39.9 Å². The summed E-state index contributed by atoms with van der Waals surface area (Å²) >= 11 is 0. The summed E-state index contributed by atoms with van der Waals surface area (Å²) in [7, 11) is -7.89. The third-order valence-electron chi connectivity index (χ3n) is 4.64. The van der Waals surface area contributed by atoms with Gasteiger partial charge in [0.15, 0.2) is 0 Å². The normalized spacial score (nSPS) is 13.3. The molecule has 5 N–H and O–H groups in total. The van der Waals surface area contributed by atoms with Crippen LogP contribution in [0.3, 0.4) is 0 Å². The van der Waals surface area contributed by atoms with Gasteiger partial charge in [0, 0.05) is 49.6 Å².